The SMILES string of the molecule is N#Cc1ccc2c(c1)CN(C1CCCCCC1)C2. The molecule has 1 aliphatic carbocycles. The molecule has 2 nitrogen and oxygen atoms in total. The average molecular weight is 240 g/mol. The van der Waals surface area contributed by atoms with E-state index in [4.69, 9.17) is 5.26 Å². The lowest BCUT2D eigenvalue weighted by molar-refractivity contribution is 0.181. The number of benzene rings is 1. The van der Waals surface area contributed by atoms with Crippen molar-refractivity contribution >= 4 is 0 Å². The van der Waals surface area contributed by atoms with Gasteiger partial charge >= 0.3 is 0 Å². The lowest BCUT2D eigenvalue weighted by atomic mass is 10.1. The Morgan fingerprint density at radius 1 is 1.00 bits per heavy atom. The molecule has 0 spiro atoms. The van der Waals surface area contributed by atoms with Gasteiger partial charge in [-0.15, -0.1) is 0 Å². The van der Waals surface area contributed by atoms with Gasteiger partial charge in [0.15, 0.2) is 0 Å². The fraction of sp³-hybridized carbons (Fsp3) is 0.562. The van der Waals surface area contributed by atoms with E-state index in [0.29, 0.717) is 0 Å². The summed E-state index contributed by atoms with van der Waals surface area (Å²) in [5, 5.41) is 8.96. The lowest BCUT2D eigenvalue weighted by Gasteiger charge is -2.26. The Hall–Kier alpha value is -1.33. The van der Waals surface area contributed by atoms with Crippen LogP contribution in [0.2, 0.25) is 0 Å². The van der Waals surface area contributed by atoms with Gasteiger partial charge in [0.1, 0.15) is 0 Å². The van der Waals surface area contributed by atoms with Crippen molar-refractivity contribution in [3.8, 4) is 6.07 Å². The Bertz CT molecular complexity index is 464. The van der Waals surface area contributed by atoms with Gasteiger partial charge in [-0.05, 0) is 36.1 Å². The van der Waals surface area contributed by atoms with E-state index in [1.807, 2.05) is 6.07 Å². The summed E-state index contributed by atoms with van der Waals surface area (Å²) in [5.41, 5.74) is 3.60. The molecule has 0 N–H and O–H groups in total. The van der Waals surface area contributed by atoms with E-state index in [1.54, 1.807) is 0 Å². The van der Waals surface area contributed by atoms with E-state index in [2.05, 4.69) is 23.1 Å². The Labute approximate surface area is 109 Å². The summed E-state index contributed by atoms with van der Waals surface area (Å²) < 4.78 is 0. The molecule has 0 amide bonds. The number of nitrogens with zero attached hydrogens (tertiary/aromatic N) is 2. The second-order valence-electron chi connectivity index (χ2n) is 5.65. The smallest absolute Gasteiger partial charge is 0.0991 e. The maximum atomic E-state index is 8.96. The van der Waals surface area contributed by atoms with Crippen LogP contribution < -0.4 is 0 Å². The predicted octanol–water partition coefficient (Wildman–Crippen LogP) is 3.60. The molecule has 1 heterocycles. The van der Waals surface area contributed by atoms with Crippen LogP contribution in [0.25, 0.3) is 0 Å². The van der Waals surface area contributed by atoms with Crippen LogP contribution in [0.4, 0.5) is 0 Å². The van der Waals surface area contributed by atoms with E-state index < -0.39 is 0 Å². The molecule has 0 unspecified atom stereocenters. The maximum absolute atomic E-state index is 8.96. The third-order valence-electron chi connectivity index (χ3n) is 4.42. The predicted molar refractivity (Wildman–Crippen MR) is 71.9 cm³/mol. The highest BCUT2D eigenvalue weighted by atomic mass is 15.2. The van der Waals surface area contributed by atoms with Crippen molar-refractivity contribution in [1.82, 2.24) is 4.90 Å². The zero-order valence-electron chi connectivity index (χ0n) is 10.9. The highest BCUT2D eigenvalue weighted by Gasteiger charge is 2.26. The second-order valence-corrected chi connectivity index (χ2v) is 5.65. The highest BCUT2D eigenvalue weighted by molar-refractivity contribution is 5.40. The molecular formula is C16H20N2. The van der Waals surface area contributed by atoms with Crippen molar-refractivity contribution < 1.29 is 0 Å². The van der Waals surface area contributed by atoms with Gasteiger partial charge in [0.25, 0.3) is 0 Å². The van der Waals surface area contributed by atoms with Gasteiger partial charge in [0.2, 0.25) is 0 Å². The van der Waals surface area contributed by atoms with Gasteiger partial charge in [0, 0.05) is 19.1 Å². The maximum Gasteiger partial charge on any atom is 0.0991 e. The summed E-state index contributed by atoms with van der Waals surface area (Å²) in [4.78, 5) is 2.62. The monoisotopic (exact) mass is 240 g/mol. The minimum Gasteiger partial charge on any atom is -0.292 e. The number of fused-ring (bicyclic) bond motifs is 1. The van der Waals surface area contributed by atoms with E-state index in [1.165, 1.54) is 49.7 Å². The molecule has 2 heteroatoms. The van der Waals surface area contributed by atoms with Crippen molar-refractivity contribution in [2.75, 3.05) is 0 Å². The van der Waals surface area contributed by atoms with Gasteiger partial charge in [-0.3, -0.25) is 4.90 Å². The first-order chi connectivity index (χ1) is 8.86. The van der Waals surface area contributed by atoms with Crippen molar-refractivity contribution in [3.63, 3.8) is 0 Å². The lowest BCUT2D eigenvalue weighted by Crippen LogP contribution is -2.29. The van der Waals surface area contributed by atoms with Crippen molar-refractivity contribution in [3.05, 3.63) is 34.9 Å². The number of rotatable bonds is 1. The molecule has 1 aromatic carbocycles. The minimum atomic E-state index is 0.769. The van der Waals surface area contributed by atoms with Gasteiger partial charge in [-0.25, -0.2) is 0 Å². The molecule has 3 rings (SSSR count). The van der Waals surface area contributed by atoms with Crippen LogP contribution in [0, 0.1) is 11.3 Å². The van der Waals surface area contributed by atoms with Crippen LogP contribution in [0.15, 0.2) is 18.2 Å². The van der Waals surface area contributed by atoms with Crippen LogP contribution in [0.3, 0.4) is 0 Å². The second kappa shape index (κ2) is 5.12. The van der Waals surface area contributed by atoms with E-state index in [9.17, 15) is 0 Å². The molecule has 1 fully saturated rings. The number of nitriles is 1. The van der Waals surface area contributed by atoms with Crippen LogP contribution >= 0.6 is 0 Å². The quantitative estimate of drug-likeness (QED) is 0.701. The molecule has 1 aromatic rings. The standard InChI is InChI=1S/C16H20N2/c17-10-13-7-8-14-11-18(12-15(14)9-13)16-5-3-1-2-4-6-16/h7-9,16H,1-6,11-12H2. The van der Waals surface area contributed by atoms with Crippen molar-refractivity contribution in [1.29, 1.82) is 5.26 Å². The molecule has 2 aliphatic rings. The van der Waals surface area contributed by atoms with E-state index in [-0.39, 0.29) is 0 Å². The Morgan fingerprint density at radius 3 is 2.44 bits per heavy atom. The molecule has 0 saturated heterocycles. The molecule has 1 aliphatic heterocycles. The zero-order chi connectivity index (χ0) is 12.4. The fourth-order valence-electron chi connectivity index (χ4n) is 3.37. The number of hydrogen-bond donors (Lipinski definition) is 0. The van der Waals surface area contributed by atoms with Gasteiger partial charge in [0.05, 0.1) is 11.6 Å². The van der Waals surface area contributed by atoms with Crippen LogP contribution in [0.1, 0.15) is 55.2 Å². The summed E-state index contributed by atoms with van der Waals surface area (Å²) in [5.74, 6) is 0. The first kappa shape index (κ1) is 11.7. The third-order valence-corrected chi connectivity index (χ3v) is 4.42. The van der Waals surface area contributed by atoms with Gasteiger partial charge in [-0.2, -0.15) is 5.26 Å². The Kier molecular flexibility index (Phi) is 3.34. The normalized spacial score (nSPS) is 21.3. The summed E-state index contributed by atoms with van der Waals surface area (Å²) in [7, 11) is 0. The summed E-state index contributed by atoms with van der Waals surface area (Å²) in [6.07, 6.45) is 8.33. The molecule has 0 atom stereocenters. The van der Waals surface area contributed by atoms with Gasteiger partial charge < -0.3 is 0 Å². The van der Waals surface area contributed by atoms with E-state index in [0.717, 1.165) is 24.7 Å². The number of hydrogen-bond acceptors (Lipinski definition) is 2. The fourth-order valence-corrected chi connectivity index (χ4v) is 3.37. The first-order valence-electron chi connectivity index (χ1n) is 7.13. The first-order valence-corrected chi connectivity index (χ1v) is 7.13. The van der Waals surface area contributed by atoms with Crippen LogP contribution in [0.5, 0.6) is 0 Å². The van der Waals surface area contributed by atoms with Gasteiger partial charge in [-0.1, -0.05) is 31.7 Å². The Balaban J connectivity index is 1.73. The highest BCUT2D eigenvalue weighted by Crippen LogP contribution is 2.30. The molecule has 1 saturated carbocycles. The van der Waals surface area contributed by atoms with E-state index >= 15 is 0 Å². The summed E-state index contributed by atoms with van der Waals surface area (Å²) in [6, 6.07) is 9.18. The van der Waals surface area contributed by atoms with Crippen molar-refractivity contribution in [2.45, 2.75) is 57.7 Å². The molecular weight excluding hydrogens is 220 g/mol. The largest absolute Gasteiger partial charge is 0.292 e. The van der Waals surface area contributed by atoms with Crippen LogP contribution in [-0.2, 0) is 13.1 Å². The topological polar surface area (TPSA) is 27.0 Å². The van der Waals surface area contributed by atoms with Crippen molar-refractivity contribution in [2.24, 2.45) is 0 Å². The average Bonchev–Trinajstić information content (AvgIpc) is 2.63. The Morgan fingerprint density at radius 2 is 1.72 bits per heavy atom. The molecule has 18 heavy (non-hydrogen) atoms. The third kappa shape index (κ3) is 2.28. The summed E-state index contributed by atoms with van der Waals surface area (Å²) in [6.45, 7) is 2.14. The van der Waals surface area contributed by atoms with Crippen LogP contribution in [-0.4, -0.2) is 10.9 Å². The molecule has 0 aromatic heterocycles. The molecule has 0 bridgehead atoms. The summed E-state index contributed by atoms with van der Waals surface area (Å²) >= 11 is 0. The minimum absolute atomic E-state index is 0.769. The zero-order valence-corrected chi connectivity index (χ0v) is 10.9. The molecule has 94 valence electrons. The molecule has 0 radical (unpaired) electrons.